The fourth-order valence-electron chi connectivity index (χ4n) is 1.94. The van der Waals surface area contributed by atoms with Crippen LogP contribution in [0, 0.1) is 6.92 Å². The molecule has 0 amide bonds. The van der Waals surface area contributed by atoms with Crippen LogP contribution in [0.2, 0.25) is 0 Å². The summed E-state index contributed by atoms with van der Waals surface area (Å²) < 4.78 is 7.02. The average molecular weight is 353 g/mol. The molecule has 0 aliphatic heterocycles. The first-order valence-corrected chi connectivity index (χ1v) is 6.85. The summed E-state index contributed by atoms with van der Waals surface area (Å²) in [5, 5.41) is 9.06. The van der Waals surface area contributed by atoms with E-state index in [-0.39, 0.29) is 17.7 Å². The Kier molecular flexibility index (Phi) is 4.42. The Morgan fingerprint density at radius 1 is 1.48 bits per heavy atom. The minimum atomic E-state index is -1.03. The standard InChI is InChI=1S/C14H13BrN2O4/c1-8-16-6-11(15)13(18)17(8)7-10-5-9(14(19)20)3-4-12(10)21-2/h3-6H,7H2,1-2H3,(H,19,20). The van der Waals surface area contributed by atoms with Crippen molar-refractivity contribution in [1.82, 2.24) is 9.55 Å². The summed E-state index contributed by atoms with van der Waals surface area (Å²) in [5.41, 5.74) is 0.507. The Morgan fingerprint density at radius 2 is 2.19 bits per heavy atom. The maximum Gasteiger partial charge on any atom is 0.335 e. The second-order valence-electron chi connectivity index (χ2n) is 4.38. The molecule has 7 heteroatoms. The van der Waals surface area contributed by atoms with Gasteiger partial charge in [0.05, 0.1) is 19.2 Å². The topological polar surface area (TPSA) is 81.4 Å². The largest absolute Gasteiger partial charge is 0.496 e. The molecule has 0 aliphatic carbocycles. The number of methoxy groups -OCH3 is 1. The Morgan fingerprint density at radius 3 is 2.81 bits per heavy atom. The minimum absolute atomic E-state index is 0.138. The van der Waals surface area contributed by atoms with E-state index in [1.165, 1.54) is 30.0 Å². The number of benzene rings is 1. The number of hydrogen-bond acceptors (Lipinski definition) is 4. The summed E-state index contributed by atoms with van der Waals surface area (Å²) in [4.78, 5) is 27.3. The molecular formula is C14H13BrN2O4. The van der Waals surface area contributed by atoms with E-state index in [0.29, 0.717) is 21.6 Å². The predicted molar refractivity (Wildman–Crippen MR) is 80.0 cm³/mol. The van der Waals surface area contributed by atoms with E-state index < -0.39 is 5.97 Å². The highest BCUT2D eigenvalue weighted by Crippen LogP contribution is 2.21. The highest BCUT2D eigenvalue weighted by atomic mass is 79.9. The second kappa shape index (κ2) is 6.09. The summed E-state index contributed by atoms with van der Waals surface area (Å²) >= 11 is 3.15. The number of aryl methyl sites for hydroxylation is 1. The summed E-state index contributed by atoms with van der Waals surface area (Å²) in [6.07, 6.45) is 1.44. The third kappa shape index (κ3) is 3.13. The quantitative estimate of drug-likeness (QED) is 0.910. The number of halogens is 1. The van der Waals surface area contributed by atoms with Gasteiger partial charge in [0.2, 0.25) is 0 Å². The summed E-state index contributed by atoms with van der Waals surface area (Å²) in [6.45, 7) is 1.89. The number of carboxylic acid groups (broad SMARTS) is 1. The van der Waals surface area contributed by atoms with Crippen molar-refractivity contribution in [3.05, 3.63) is 56.2 Å². The Hall–Kier alpha value is -2.15. The van der Waals surface area contributed by atoms with Crippen LogP contribution in [0.3, 0.4) is 0 Å². The Labute approximate surface area is 129 Å². The van der Waals surface area contributed by atoms with E-state index >= 15 is 0 Å². The van der Waals surface area contributed by atoms with Crippen molar-refractivity contribution in [3.8, 4) is 5.75 Å². The molecule has 0 aliphatic rings. The zero-order chi connectivity index (χ0) is 15.6. The van der Waals surface area contributed by atoms with E-state index in [4.69, 9.17) is 9.84 Å². The summed E-state index contributed by atoms with van der Waals surface area (Å²) in [7, 11) is 1.49. The monoisotopic (exact) mass is 352 g/mol. The zero-order valence-electron chi connectivity index (χ0n) is 11.5. The number of ether oxygens (including phenoxy) is 1. The molecule has 1 aromatic heterocycles. The van der Waals surface area contributed by atoms with Crippen molar-refractivity contribution in [2.24, 2.45) is 0 Å². The first-order chi connectivity index (χ1) is 9.93. The van der Waals surface area contributed by atoms with Gasteiger partial charge in [0.1, 0.15) is 16.0 Å². The van der Waals surface area contributed by atoms with Crippen LogP contribution in [0.4, 0.5) is 0 Å². The molecule has 1 aromatic carbocycles. The maximum atomic E-state index is 12.1. The Balaban J connectivity index is 2.53. The molecule has 0 spiro atoms. The molecule has 0 unspecified atom stereocenters. The van der Waals surface area contributed by atoms with Crippen LogP contribution in [0.25, 0.3) is 0 Å². The van der Waals surface area contributed by atoms with Gasteiger partial charge in [-0.1, -0.05) is 0 Å². The molecule has 0 radical (unpaired) electrons. The van der Waals surface area contributed by atoms with Crippen LogP contribution in [-0.4, -0.2) is 27.7 Å². The highest BCUT2D eigenvalue weighted by molar-refractivity contribution is 9.10. The second-order valence-corrected chi connectivity index (χ2v) is 5.23. The third-order valence-electron chi connectivity index (χ3n) is 3.06. The molecule has 21 heavy (non-hydrogen) atoms. The lowest BCUT2D eigenvalue weighted by molar-refractivity contribution is 0.0696. The van der Waals surface area contributed by atoms with Crippen molar-refractivity contribution in [1.29, 1.82) is 0 Å². The number of aromatic carboxylic acids is 1. The number of aromatic nitrogens is 2. The number of rotatable bonds is 4. The van der Waals surface area contributed by atoms with Gasteiger partial charge < -0.3 is 9.84 Å². The fourth-order valence-corrected chi connectivity index (χ4v) is 2.26. The molecule has 110 valence electrons. The van der Waals surface area contributed by atoms with E-state index in [1.807, 2.05) is 0 Å². The maximum absolute atomic E-state index is 12.1. The van der Waals surface area contributed by atoms with Crippen molar-refractivity contribution < 1.29 is 14.6 Å². The van der Waals surface area contributed by atoms with Gasteiger partial charge >= 0.3 is 5.97 Å². The van der Waals surface area contributed by atoms with Crippen molar-refractivity contribution >= 4 is 21.9 Å². The third-order valence-corrected chi connectivity index (χ3v) is 3.60. The normalized spacial score (nSPS) is 10.4. The molecule has 2 rings (SSSR count). The molecule has 1 N–H and O–H groups in total. The first kappa shape index (κ1) is 15.2. The molecule has 6 nitrogen and oxygen atoms in total. The first-order valence-electron chi connectivity index (χ1n) is 6.06. The number of hydrogen-bond donors (Lipinski definition) is 1. The fraction of sp³-hybridized carbons (Fsp3) is 0.214. The van der Waals surface area contributed by atoms with E-state index in [2.05, 4.69) is 20.9 Å². The van der Waals surface area contributed by atoms with Crippen LogP contribution in [0.1, 0.15) is 21.7 Å². The lowest BCUT2D eigenvalue weighted by Gasteiger charge is -2.13. The van der Waals surface area contributed by atoms with Crippen LogP contribution in [-0.2, 0) is 6.54 Å². The molecule has 0 saturated carbocycles. The zero-order valence-corrected chi connectivity index (χ0v) is 13.0. The van der Waals surface area contributed by atoms with Crippen molar-refractivity contribution in [2.45, 2.75) is 13.5 Å². The van der Waals surface area contributed by atoms with E-state index in [9.17, 15) is 9.59 Å². The molecule has 0 bridgehead atoms. The van der Waals surface area contributed by atoms with Gasteiger partial charge in [0.25, 0.3) is 5.56 Å². The van der Waals surface area contributed by atoms with Crippen LogP contribution in [0.15, 0.2) is 33.7 Å². The Bertz CT molecular complexity index is 755. The smallest absolute Gasteiger partial charge is 0.335 e. The molecule has 1 heterocycles. The van der Waals surface area contributed by atoms with Gasteiger partial charge in [-0.3, -0.25) is 9.36 Å². The lowest BCUT2D eigenvalue weighted by Crippen LogP contribution is -2.24. The number of carbonyl (C=O) groups is 1. The van der Waals surface area contributed by atoms with E-state index in [1.54, 1.807) is 13.0 Å². The van der Waals surface area contributed by atoms with Gasteiger partial charge in [-0.15, -0.1) is 0 Å². The van der Waals surface area contributed by atoms with E-state index in [0.717, 1.165) is 0 Å². The molecular weight excluding hydrogens is 340 g/mol. The predicted octanol–water partition coefficient (Wildman–Crippen LogP) is 2.07. The number of nitrogens with zero attached hydrogens (tertiary/aromatic N) is 2. The molecule has 0 fully saturated rings. The summed E-state index contributed by atoms with van der Waals surface area (Å²) in [6, 6.07) is 4.53. The van der Waals surface area contributed by atoms with Gasteiger partial charge in [0.15, 0.2) is 0 Å². The van der Waals surface area contributed by atoms with Crippen LogP contribution < -0.4 is 10.3 Å². The SMILES string of the molecule is COc1ccc(C(=O)O)cc1Cn1c(C)ncc(Br)c1=O. The lowest BCUT2D eigenvalue weighted by atomic mass is 10.1. The number of carboxylic acids is 1. The van der Waals surface area contributed by atoms with Gasteiger partial charge in [0, 0.05) is 11.8 Å². The van der Waals surface area contributed by atoms with Crippen LogP contribution in [0.5, 0.6) is 5.75 Å². The van der Waals surface area contributed by atoms with Crippen molar-refractivity contribution in [3.63, 3.8) is 0 Å². The van der Waals surface area contributed by atoms with Gasteiger partial charge in [-0.25, -0.2) is 9.78 Å². The van der Waals surface area contributed by atoms with Crippen LogP contribution >= 0.6 is 15.9 Å². The average Bonchev–Trinajstić information content (AvgIpc) is 2.47. The van der Waals surface area contributed by atoms with Crippen molar-refractivity contribution in [2.75, 3.05) is 7.11 Å². The van der Waals surface area contributed by atoms with Gasteiger partial charge in [-0.2, -0.15) is 0 Å². The molecule has 0 saturated heterocycles. The minimum Gasteiger partial charge on any atom is -0.496 e. The van der Waals surface area contributed by atoms with Gasteiger partial charge in [-0.05, 0) is 41.1 Å². The summed E-state index contributed by atoms with van der Waals surface area (Å²) in [5.74, 6) is 0.0209. The highest BCUT2D eigenvalue weighted by Gasteiger charge is 2.12. The molecule has 0 atom stereocenters. The molecule has 2 aromatic rings.